The first-order valence-electron chi connectivity index (χ1n) is 7.86. The summed E-state index contributed by atoms with van der Waals surface area (Å²) < 4.78 is 7.05. The summed E-state index contributed by atoms with van der Waals surface area (Å²) in [6, 6.07) is 10.5. The molecule has 0 aliphatic carbocycles. The third kappa shape index (κ3) is 2.53. The molecule has 1 fully saturated rings. The predicted molar refractivity (Wildman–Crippen MR) is 88.1 cm³/mol. The van der Waals surface area contributed by atoms with Crippen molar-refractivity contribution < 1.29 is 20.1 Å². The van der Waals surface area contributed by atoms with Crippen LogP contribution in [-0.2, 0) is 4.74 Å². The highest BCUT2D eigenvalue weighted by Crippen LogP contribution is 2.37. The van der Waals surface area contributed by atoms with Crippen LogP contribution < -0.4 is 10.6 Å². The van der Waals surface area contributed by atoms with E-state index in [4.69, 9.17) is 10.5 Å². The molecule has 2 aromatic rings. The largest absolute Gasteiger partial charge is 0.394 e. The average molecular weight is 344 g/mol. The van der Waals surface area contributed by atoms with Crippen molar-refractivity contribution >= 4 is 17.8 Å². The van der Waals surface area contributed by atoms with Gasteiger partial charge in [-0.1, -0.05) is 18.2 Å². The van der Waals surface area contributed by atoms with Crippen molar-refractivity contribution in [3.8, 4) is 0 Å². The molecule has 131 valence electrons. The van der Waals surface area contributed by atoms with Gasteiger partial charge in [-0.15, -0.1) is 0 Å². The Morgan fingerprint density at radius 1 is 1.28 bits per heavy atom. The van der Waals surface area contributed by atoms with E-state index >= 15 is 0 Å². The number of anilines is 1. The second kappa shape index (κ2) is 6.21. The first kappa shape index (κ1) is 16.2. The standard InChI is InChI=1S/C16H18N5O4/c17-14-11-15(19-8-20(14)9-4-2-1-3-5-9)21(7-18-11)16-13(24)12(23)10(6-22)25-16/h1-4,7-8,10,12-14,16,22-24H,6,17H2/t10-,12?,13?,14?,16-/m1/s1. The fraction of sp³-hybridized carbons (Fsp3) is 0.375. The average Bonchev–Trinajstić information content (AvgIpc) is 3.18. The molecular weight excluding hydrogens is 326 g/mol. The van der Waals surface area contributed by atoms with Crippen molar-refractivity contribution in [1.82, 2.24) is 9.55 Å². The summed E-state index contributed by atoms with van der Waals surface area (Å²) in [5.41, 5.74) is 7.56. The summed E-state index contributed by atoms with van der Waals surface area (Å²) in [7, 11) is 0. The number of aliphatic hydroxyl groups excluding tert-OH is 3. The van der Waals surface area contributed by atoms with E-state index in [-0.39, 0.29) is 0 Å². The van der Waals surface area contributed by atoms with Crippen LogP contribution in [0.1, 0.15) is 18.1 Å². The molecule has 1 radical (unpaired) electrons. The van der Waals surface area contributed by atoms with Gasteiger partial charge in [-0.2, -0.15) is 0 Å². The summed E-state index contributed by atoms with van der Waals surface area (Å²) in [5, 5.41) is 29.4. The minimum Gasteiger partial charge on any atom is -0.394 e. The number of imidazole rings is 1. The Balaban J connectivity index is 1.66. The molecule has 2 aliphatic rings. The highest BCUT2D eigenvalue weighted by Gasteiger charge is 2.44. The monoisotopic (exact) mass is 344 g/mol. The predicted octanol–water partition coefficient (Wildman–Crippen LogP) is -0.568. The number of hydrogen-bond acceptors (Lipinski definition) is 8. The van der Waals surface area contributed by atoms with Crippen LogP contribution in [0.25, 0.3) is 0 Å². The zero-order valence-corrected chi connectivity index (χ0v) is 13.2. The van der Waals surface area contributed by atoms with E-state index in [9.17, 15) is 15.3 Å². The van der Waals surface area contributed by atoms with Crippen LogP contribution in [0.2, 0.25) is 0 Å². The smallest absolute Gasteiger partial charge is 0.165 e. The van der Waals surface area contributed by atoms with Gasteiger partial charge in [0.05, 0.1) is 25.0 Å². The van der Waals surface area contributed by atoms with Gasteiger partial charge < -0.3 is 30.7 Å². The van der Waals surface area contributed by atoms with Gasteiger partial charge in [-0.25, -0.2) is 9.98 Å². The number of benzene rings is 1. The van der Waals surface area contributed by atoms with Crippen LogP contribution in [0.15, 0.2) is 35.6 Å². The molecule has 1 saturated heterocycles. The van der Waals surface area contributed by atoms with Gasteiger partial charge in [0.2, 0.25) is 0 Å². The van der Waals surface area contributed by atoms with Gasteiger partial charge in [0, 0.05) is 6.07 Å². The van der Waals surface area contributed by atoms with E-state index in [1.54, 1.807) is 17.3 Å². The van der Waals surface area contributed by atoms with Gasteiger partial charge in [-0.05, 0) is 6.07 Å². The van der Waals surface area contributed by atoms with Crippen molar-refractivity contribution in [1.29, 1.82) is 0 Å². The Morgan fingerprint density at radius 3 is 2.80 bits per heavy atom. The third-order valence-corrected chi connectivity index (χ3v) is 4.44. The maximum absolute atomic E-state index is 10.2. The van der Waals surface area contributed by atoms with E-state index in [0.717, 1.165) is 5.69 Å². The number of ether oxygens (including phenoxy) is 1. The quantitative estimate of drug-likeness (QED) is 0.587. The van der Waals surface area contributed by atoms with Crippen LogP contribution in [-0.4, -0.2) is 56.1 Å². The third-order valence-electron chi connectivity index (χ3n) is 4.44. The fourth-order valence-corrected chi connectivity index (χ4v) is 3.08. The zero-order chi connectivity index (χ0) is 17.6. The van der Waals surface area contributed by atoms with E-state index in [1.165, 1.54) is 10.9 Å². The molecule has 1 aromatic heterocycles. The maximum Gasteiger partial charge on any atom is 0.165 e. The number of nitrogens with zero attached hydrogens (tertiary/aromatic N) is 4. The second-order valence-electron chi connectivity index (χ2n) is 5.93. The Morgan fingerprint density at radius 2 is 2.12 bits per heavy atom. The molecular formula is C16H18N5O4. The van der Waals surface area contributed by atoms with Crippen LogP contribution in [0.5, 0.6) is 0 Å². The Hall–Kier alpha value is -2.30. The minimum atomic E-state index is -1.21. The molecule has 9 heteroatoms. The van der Waals surface area contributed by atoms with Crippen molar-refractivity contribution in [2.75, 3.05) is 11.5 Å². The summed E-state index contributed by atoms with van der Waals surface area (Å²) in [6.07, 6.45) is -1.72. The number of rotatable bonds is 3. The van der Waals surface area contributed by atoms with Crippen molar-refractivity contribution in [3.05, 3.63) is 42.4 Å². The number of hydrogen-bond donors (Lipinski definition) is 4. The molecule has 0 bridgehead atoms. The van der Waals surface area contributed by atoms with Gasteiger partial charge in [0.15, 0.2) is 12.0 Å². The summed E-state index contributed by atoms with van der Waals surface area (Å²) in [6.45, 7) is -0.397. The lowest BCUT2D eigenvalue weighted by molar-refractivity contribution is -0.0520. The lowest BCUT2D eigenvalue weighted by Gasteiger charge is -2.29. The minimum absolute atomic E-state index is 0.397. The molecule has 5 atom stereocenters. The molecule has 3 unspecified atom stereocenters. The zero-order valence-electron chi connectivity index (χ0n) is 13.2. The number of fused-ring (bicyclic) bond motifs is 1. The number of nitrogens with two attached hydrogens (primary N) is 1. The molecule has 0 saturated carbocycles. The lowest BCUT2D eigenvalue weighted by Crippen LogP contribution is -2.36. The van der Waals surface area contributed by atoms with E-state index in [0.29, 0.717) is 11.5 Å². The topological polar surface area (TPSA) is 129 Å². The Labute approximate surface area is 143 Å². The number of aliphatic hydroxyl groups is 3. The number of para-hydroxylation sites is 1. The van der Waals surface area contributed by atoms with Gasteiger partial charge in [0.25, 0.3) is 0 Å². The molecule has 9 nitrogen and oxygen atoms in total. The van der Waals surface area contributed by atoms with E-state index in [2.05, 4.69) is 16.0 Å². The maximum atomic E-state index is 10.2. The van der Waals surface area contributed by atoms with Crippen molar-refractivity contribution in [2.24, 2.45) is 10.7 Å². The number of aromatic nitrogens is 2. The highest BCUT2D eigenvalue weighted by molar-refractivity contribution is 5.84. The first-order chi connectivity index (χ1) is 12.1. The van der Waals surface area contributed by atoms with Gasteiger partial charge in [0.1, 0.15) is 30.2 Å². The lowest BCUT2D eigenvalue weighted by atomic mass is 10.1. The summed E-state index contributed by atoms with van der Waals surface area (Å²) in [5.74, 6) is 0.439. The second-order valence-corrected chi connectivity index (χ2v) is 5.93. The molecule has 0 spiro atoms. The van der Waals surface area contributed by atoms with Crippen molar-refractivity contribution in [3.63, 3.8) is 0 Å². The summed E-state index contributed by atoms with van der Waals surface area (Å²) >= 11 is 0. The van der Waals surface area contributed by atoms with Crippen molar-refractivity contribution in [2.45, 2.75) is 30.7 Å². The van der Waals surface area contributed by atoms with E-state index < -0.39 is 37.3 Å². The molecule has 5 N–H and O–H groups in total. The fourth-order valence-electron chi connectivity index (χ4n) is 3.08. The Bertz CT molecular complexity index is 780. The van der Waals surface area contributed by atoms with Gasteiger partial charge >= 0.3 is 0 Å². The van der Waals surface area contributed by atoms with Gasteiger partial charge in [-0.3, -0.25) is 4.57 Å². The van der Waals surface area contributed by atoms with Crippen LogP contribution in [0, 0.1) is 6.07 Å². The van der Waals surface area contributed by atoms with Crippen LogP contribution >= 0.6 is 0 Å². The molecule has 3 heterocycles. The number of aliphatic imine (C=N–C) groups is 1. The van der Waals surface area contributed by atoms with Crippen LogP contribution in [0.3, 0.4) is 0 Å². The molecule has 2 aliphatic heterocycles. The Kier molecular flexibility index (Phi) is 4.02. The first-order valence-corrected chi connectivity index (χ1v) is 7.86. The molecule has 25 heavy (non-hydrogen) atoms. The summed E-state index contributed by atoms with van der Waals surface area (Å²) in [4.78, 5) is 10.4. The SMILES string of the molecule is NC1c2ncn([C@@H]3O[C@H](CO)C(O)C3O)c2N=CN1c1[c]cccc1. The van der Waals surface area contributed by atoms with Crippen LogP contribution in [0.4, 0.5) is 11.5 Å². The highest BCUT2D eigenvalue weighted by atomic mass is 16.6. The molecule has 4 rings (SSSR count). The van der Waals surface area contributed by atoms with E-state index in [1.807, 2.05) is 18.2 Å². The normalized spacial score (nSPS) is 31.4. The molecule has 0 amide bonds. The molecule has 1 aromatic carbocycles.